The first-order valence-corrected chi connectivity index (χ1v) is 6.16. The fourth-order valence-electron chi connectivity index (χ4n) is 2.02. The molecule has 1 atom stereocenters. The first-order valence-electron chi connectivity index (χ1n) is 6.16. The number of aryl methyl sites for hydroxylation is 1. The van der Waals surface area contributed by atoms with Crippen molar-refractivity contribution in [2.45, 2.75) is 26.8 Å². The van der Waals surface area contributed by atoms with Crippen molar-refractivity contribution in [3.8, 4) is 0 Å². The van der Waals surface area contributed by atoms with Crippen LogP contribution >= 0.6 is 0 Å². The zero-order chi connectivity index (χ0) is 13.1. The Labute approximate surface area is 108 Å². The summed E-state index contributed by atoms with van der Waals surface area (Å²) in [6.07, 6.45) is 0. The number of hydrogen-bond donors (Lipinski definition) is 1. The molecule has 0 radical (unpaired) electrons. The zero-order valence-corrected chi connectivity index (χ0v) is 11.0. The summed E-state index contributed by atoms with van der Waals surface area (Å²) in [6, 6.07) is 13.6. The summed E-state index contributed by atoms with van der Waals surface area (Å²) < 4.78 is 13.5. The fraction of sp³-hybridized carbons (Fsp3) is 0.250. The van der Waals surface area contributed by atoms with Crippen molar-refractivity contribution in [2.75, 3.05) is 5.32 Å². The number of halogens is 1. The van der Waals surface area contributed by atoms with Gasteiger partial charge in [0.1, 0.15) is 5.82 Å². The maximum atomic E-state index is 13.5. The molecule has 2 aromatic carbocycles. The molecule has 2 aromatic rings. The lowest BCUT2D eigenvalue weighted by Crippen LogP contribution is -2.08. The second-order valence-electron chi connectivity index (χ2n) is 4.69. The molecule has 0 aliphatic carbocycles. The Bertz CT molecular complexity index is 549. The second kappa shape index (κ2) is 5.21. The van der Waals surface area contributed by atoms with Crippen LogP contribution in [0.2, 0.25) is 0 Å². The highest BCUT2D eigenvalue weighted by Crippen LogP contribution is 2.23. The van der Waals surface area contributed by atoms with Gasteiger partial charge in [0.25, 0.3) is 0 Å². The van der Waals surface area contributed by atoms with E-state index in [4.69, 9.17) is 0 Å². The molecule has 2 heteroatoms. The van der Waals surface area contributed by atoms with E-state index < -0.39 is 0 Å². The average Bonchev–Trinajstić information content (AvgIpc) is 2.35. The minimum Gasteiger partial charge on any atom is -0.378 e. The van der Waals surface area contributed by atoms with Gasteiger partial charge in [-0.1, -0.05) is 35.9 Å². The van der Waals surface area contributed by atoms with E-state index in [1.165, 1.54) is 17.2 Å². The average molecular weight is 243 g/mol. The Morgan fingerprint density at radius 3 is 2.50 bits per heavy atom. The second-order valence-corrected chi connectivity index (χ2v) is 4.69. The molecule has 18 heavy (non-hydrogen) atoms. The summed E-state index contributed by atoms with van der Waals surface area (Å²) >= 11 is 0. The van der Waals surface area contributed by atoms with Crippen LogP contribution in [0.5, 0.6) is 0 Å². The van der Waals surface area contributed by atoms with E-state index in [0.29, 0.717) is 5.56 Å². The van der Waals surface area contributed by atoms with Gasteiger partial charge in [-0.2, -0.15) is 0 Å². The summed E-state index contributed by atoms with van der Waals surface area (Å²) in [5.74, 6) is -0.170. The van der Waals surface area contributed by atoms with Gasteiger partial charge < -0.3 is 5.32 Å². The fourth-order valence-corrected chi connectivity index (χ4v) is 2.02. The van der Waals surface area contributed by atoms with Crippen molar-refractivity contribution < 1.29 is 4.39 Å². The number of anilines is 1. The molecule has 0 heterocycles. The number of hydrogen-bond acceptors (Lipinski definition) is 1. The minimum atomic E-state index is -0.170. The van der Waals surface area contributed by atoms with Crippen LogP contribution in [-0.4, -0.2) is 0 Å². The first-order chi connectivity index (χ1) is 8.58. The van der Waals surface area contributed by atoms with Crippen molar-refractivity contribution >= 4 is 5.69 Å². The molecule has 0 fully saturated rings. The predicted octanol–water partition coefficient (Wildman–Crippen LogP) is 4.62. The van der Waals surface area contributed by atoms with Crippen molar-refractivity contribution in [1.29, 1.82) is 0 Å². The van der Waals surface area contributed by atoms with Crippen LogP contribution in [0.1, 0.15) is 29.7 Å². The quantitative estimate of drug-likeness (QED) is 0.829. The van der Waals surface area contributed by atoms with Crippen molar-refractivity contribution in [1.82, 2.24) is 0 Å². The van der Waals surface area contributed by atoms with Gasteiger partial charge in [0.2, 0.25) is 0 Å². The molecule has 0 spiro atoms. The van der Waals surface area contributed by atoms with Crippen LogP contribution in [0.15, 0.2) is 42.5 Å². The highest BCUT2D eigenvalue weighted by Gasteiger charge is 2.08. The third kappa shape index (κ3) is 2.70. The van der Waals surface area contributed by atoms with Gasteiger partial charge in [-0.05, 0) is 38.5 Å². The number of benzene rings is 2. The van der Waals surface area contributed by atoms with Crippen LogP contribution in [0, 0.1) is 19.7 Å². The third-order valence-electron chi connectivity index (χ3n) is 3.18. The SMILES string of the molecule is Cc1cccc(C(C)Nc2cccc(F)c2C)c1. The molecule has 0 aliphatic rings. The molecule has 1 nitrogen and oxygen atoms in total. The molecule has 1 N–H and O–H groups in total. The number of rotatable bonds is 3. The van der Waals surface area contributed by atoms with Gasteiger partial charge in [-0.25, -0.2) is 4.39 Å². The number of nitrogens with one attached hydrogen (secondary N) is 1. The standard InChI is InChI=1S/C16H18FN/c1-11-6-4-7-14(10-11)13(3)18-16-9-5-8-15(17)12(16)2/h4-10,13,18H,1-3H3. The molecule has 1 unspecified atom stereocenters. The molecule has 0 saturated heterocycles. The Morgan fingerprint density at radius 2 is 1.78 bits per heavy atom. The van der Waals surface area contributed by atoms with Crippen LogP contribution in [0.25, 0.3) is 0 Å². The Hall–Kier alpha value is -1.83. The van der Waals surface area contributed by atoms with Crippen LogP contribution in [0.3, 0.4) is 0 Å². The maximum Gasteiger partial charge on any atom is 0.128 e. The van der Waals surface area contributed by atoms with E-state index in [-0.39, 0.29) is 11.9 Å². The first kappa shape index (κ1) is 12.6. The lowest BCUT2D eigenvalue weighted by Gasteiger charge is -2.18. The van der Waals surface area contributed by atoms with Crippen LogP contribution in [-0.2, 0) is 0 Å². The van der Waals surface area contributed by atoms with E-state index in [2.05, 4.69) is 37.4 Å². The van der Waals surface area contributed by atoms with Gasteiger partial charge in [0, 0.05) is 17.3 Å². The molecule has 0 amide bonds. The zero-order valence-electron chi connectivity index (χ0n) is 11.0. The molecule has 0 aromatic heterocycles. The largest absolute Gasteiger partial charge is 0.378 e. The van der Waals surface area contributed by atoms with E-state index >= 15 is 0 Å². The molecular formula is C16H18FN. The van der Waals surface area contributed by atoms with Crippen molar-refractivity contribution in [2.24, 2.45) is 0 Å². The Kier molecular flexibility index (Phi) is 3.66. The summed E-state index contributed by atoms with van der Waals surface area (Å²) in [6.45, 7) is 5.95. The van der Waals surface area contributed by atoms with E-state index in [1.807, 2.05) is 12.1 Å². The molecule has 0 bridgehead atoms. The summed E-state index contributed by atoms with van der Waals surface area (Å²) in [4.78, 5) is 0. The Morgan fingerprint density at radius 1 is 1.06 bits per heavy atom. The molecule has 0 aliphatic heterocycles. The summed E-state index contributed by atoms with van der Waals surface area (Å²) in [7, 11) is 0. The predicted molar refractivity (Wildman–Crippen MR) is 74.4 cm³/mol. The van der Waals surface area contributed by atoms with Crippen molar-refractivity contribution in [3.05, 3.63) is 65.0 Å². The van der Waals surface area contributed by atoms with E-state index in [1.54, 1.807) is 13.0 Å². The molecular weight excluding hydrogens is 225 g/mol. The Balaban J connectivity index is 2.21. The lowest BCUT2D eigenvalue weighted by molar-refractivity contribution is 0.618. The smallest absolute Gasteiger partial charge is 0.128 e. The van der Waals surface area contributed by atoms with E-state index in [0.717, 1.165) is 5.69 Å². The maximum absolute atomic E-state index is 13.5. The van der Waals surface area contributed by atoms with Gasteiger partial charge in [-0.15, -0.1) is 0 Å². The third-order valence-corrected chi connectivity index (χ3v) is 3.18. The van der Waals surface area contributed by atoms with Crippen molar-refractivity contribution in [3.63, 3.8) is 0 Å². The van der Waals surface area contributed by atoms with Gasteiger partial charge in [0.05, 0.1) is 0 Å². The van der Waals surface area contributed by atoms with Gasteiger partial charge in [-0.3, -0.25) is 0 Å². The van der Waals surface area contributed by atoms with Gasteiger partial charge >= 0.3 is 0 Å². The highest BCUT2D eigenvalue weighted by atomic mass is 19.1. The monoisotopic (exact) mass is 243 g/mol. The molecule has 0 saturated carbocycles. The molecule has 2 rings (SSSR count). The normalized spacial score (nSPS) is 12.2. The summed E-state index contributed by atoms with van der Waals surface area (Å²) in [5, 5.41) is 3.35. The van der Waals surface area contributed by atoms with Crippen LogP contribution < -0.4 is 5.32 Å². The molecule has 94 valence electrons. The topological polar surface area (TPSA) is 12.0 Å². The summed E-state index contributed by atoms with van der Waals surface area (Å²) in [5.41, 5.74) is 3.96. The van der Waals surface area contributed by atoms with Gasteiger partial charge in [0.15, 0.2) is 0 Å². The van der Waals surface area contributed by atoms with E-state index in [9.17, 15) is 4.39 Å². The highest BCUT2D eigenvalue weighted by molar-refractivity contribution is 5.52. The van der Waals surface area contributed by atoms with Crippen LogP contribution in [0.4, 0.5) is 10.1 Å². The lowest BCUT2D eigenvalue weighted by atomic mass is 10.0. The minimum absolute atomic E-state index is 0.158.